The van der Waals surface area contributed by atoms with E-state index in [9.17, 15) is 4.79 Å². The van der Waals surface area contributed by atoms with E-state index in [2.05, 4.69) is 9.83 Å². The summed E-state index contributed by atoms with van der Waals surface area (Å²) in [5.74, 6) is 0.751. The summed E-state index contributed by atoms with van der Waals surface area (Å²) < 4.78 is 0. The Kier molecular flexibility index (Phi) is 2.87. The summed E-state index contributed by atoms with van der Waals surface area (Å²) in [5.41, 5.74) is 2.92. The van der Waals surface area contributed by atoms with Crippen molar-refractivity contribution in [3.8, 4) is 0 Å². The van der Waals surface area contributed by atoms with Gasteiger partial charge in [-0.05, 0) is 48.8 Å². The summed E-state index contributed by atoms with van der Waals surface area (Å²) in [5, 5.41) is 1.10. The molecule has 1 aromatic heterocycles. The Bertz CT molecular complexity index is 678. The maximum Gasteiger partial charge on any atom is 0.187 e. The molecular weight excluding hydrogens is 236 g/mol. The number of fused-ring (bicyclic) bond motifs is 1. The lowest BCUT2D eigenvalue weighted by Gasteiger charge is -2.16. The minimum absolute atomic E-state index is 0.149. The quantitative estimate of drug-likeness (QED) is 0.799. The molecule has 19 heavy (non-hydrogen) atoms. The van der Waals surface area contributed by atoms with E-state index in [0.29, 0.717) is 11.6 Å². The van der Waals surface area contributed by atoms with E-state index in [1.807, 2.05) is 24.4 Å². The third kappa shape index (κ3) is 1.94. The van der Waals surface area contributed by atoms with Crippen molar-refractivity contribution in [3.05, 3.63) is 41.4 Å². The molecule has 3 nitrogen and oxygen atoms in total. The first kappa shape index (κ1) is 12.0. The van der Waals surface area contributed by atoms with E-state index in [4.69, 9.17) is 6.57 Å². The van der Waals surface area contributed by atoms with Gasteiger partial charge in [-0.2, -0.15) is 0 Å². The second kappa shape index (κ2) is 4.55. The Hall–Kier alpha value is -2.08. The van der Waals surface area contributed by atoms with E-state index >= 15 is 0 Å². The van der Waals surface area contributed by atoms with Crippen LogP contribution in [0.25, 0.3) is 15.7 Å². The number of hydrogen-bond acceptors (Lipinski definition) is 1. The predicted molar refractivity (Wildman–Crippen MR) is 75.3 cm³/mol. The van der Waals surface area contributed by atoms with Gasteiger partial charge in [0.2, 0.25) is 0 Å². The molecule has 1 aliphatic rings. The predicted octanol–water partition coefficient (Wildman–Crippen LogP) is 4.19. The van der Waals surface area contributed by atoms with Gasteiger partial charge in [0.05, 0.1) is 6.57 Å². The number of Topliss-reactive ketones (excluding diaryl/α,β-unsaturated/α-hetero) is 1. The number of nitrogens with zero attached hydrogens (tertiary/aromatic N) is 1. The van der Waals surface area contributed by atoms with Crippen LogP contribution in [0.1, 0.15) is 37.7 Å². The lowest BCUT2D eigenvalue weighted by molar-refractivity contribution is -0.120. The highest BCUT2D eigenvalue weighted by atomic mass is 16.1. The van der Waals surface area contributed by atoms with Crippen molar-refractivity contribution >= 4 is 22.4 Å². The highest BCUT2D eigenvalue weighted by Crippen LogP contribution is 2.43. The molecule has 0 bridgehead atoms. The van der Waals surface area contributed by atoms with Crippen LogP contribution in [0.3, 0.4) is 0 Å². The number of hydrogen-bond donors (Lipinski definition) is 1. The molecular formula is C16H16N2O. The van der Waals surface area contributed by atoms with Crippen LogP contribution in [-0.4, -0.2) is 10.8 Å². The van der Waals surface area contributed by atoms with Crippen molar-refractivity contribution in [3.63, 3.8) is 0 Å². The summed E-state index contributed by atoms with van der Waals surface area (Å²) in [4.78, 5) is 18.5. The van der Waals surface area contributed by atoms with Crippen LogP contribution in [0.5, 0.6) is 0 Å². The number of carbonyl (C=O) groups is 1. The summed E-state index contributed by atoms with van der Waals surface area (Å²) >= 11 is 0. The molecule has 0 aliphatic heterocycles. The van der Waals surface area contributed by atoms with Gasteiger partial charge in [-0.25, -0.2) is 4.85 Å². The summed E-state index contributed by atoms with van der Waals surface area (Å²) in [6.45, 7) is 8.82. The van der Waals surface area contributed by atoms with Crippen molar-refractivity contribution in [1.82, 2.24) is 4.98 Å². The summed E-state index contributed by atoms with van der Waals surface area (Å²) in [6, 6.07) is 5.71. The standard InChI is InChI=1S/C16H16N2O/c1-10(19)12-4-3-5-13(12)15-9-18-16-7-6-11(17-2)8-14(15)16/h6-9,12-13,18H,3-5H2,1H3/t12-,13+/m1/s1. The number of aromatic nitrogens is 1. The molecule has 96 valence electrons. The van der Waals surface area contributed by atoms with Crippen LogP contribution < -0.4 is 0 Å². The van der Waals surface area contributed by atoms with Gasteiger partial charge in [-0.1, -0.05) is 12.5 Å². The van der Waals surface area contributed by atoms with Crippen molar-refractivity contribution in [2.24, 2.45) is 5.92 Å². The van der Waals surface area contributed by atoms with Crippen LogP contribution in [0, 0.1) is 12.5 Å². The Morgan fingerprint density at radius 2 is 2.26 bits per heavy atom. The van der Waals surface area contributed by atoms with Gasteiger partial charge in [0.1, 0.15) is 5.78 Å². The Labute approximate surface area is 112 Å². The van der Waals surface area contributed by atoms with Crippen LogP contribution in [0.2, 0.25) is 0 Å². The zero-order valence-corrected chi connectivity index (χ0v) is 10.9. The average molecular weight is 252 g/mol. The third-order valence-corrected chi connectivity index (χ3v) is 4.26. The van der Waals surface area contributed by atoms with Crippen LogP contribution in [0.4, 0.5) is 5.69 Å². The highest BCUT2D eigenvalue weighted by molar-refractivity contribution is 5.88. The minimum Gasteiger partial charge on any atom is -0.361 e. The number of H-pyrrole nitrogens is 1. The average Bonchev–Trinajstić information content (AvgIpc) is 3.03. The normalized spacial score (nSPS) is 22.5. The number of ketones is 1. The van der Waals surface area contributed by atoms with Crippen LogP contribution in [-0.2, 0) is 4.79 Å². The maximum absolute atomic E-state index is 11.8. The first-order chi connectivity index (χ1) is 9.20. The molecule has 2 atom stereocenters. The number of carbonyl (C=O) groups excluding carboxylic acids is 1. The fraction of sp³-hybridized carbons (Fsp3) is 0.375. The Balaban J connectivity index is 2.10. The van der Waals surface area contributed by atoms with E-state index in [0.717, 1.165) is 30.2 Å². The van der Waals surface area contributed by atoms with Crippen molar-refractivity contribution in [1.29, 1.82) is 0 Å². The Morgan fingerprint density at radius 1 is 1.42 bits per heavy atom. The number of aromatic amines is 1. The van der Waals surface area contributed by atoms with E-state index in [-0.39, 0.29) is 11.7 Å². The SMILES string of the molecule is [C-]#[N+]c1ccc2[nH]cc([C@H]3CCC[C@@H]3C(C)=O)c2c1. The molecule has 1 aromatic carbocycles. The number of benzene rings is 1. The molecule has 0 unspecified atom stereocenters. The minimum atomic E-state index is 0.149. The molecule has 0 amide bonds. The van der Waals surface area contributed by atoms with E-state index in [1.165, 1.54) is 5.56 Å². The van der Waals surface area contributed by atoms with Gasteiger partial charge in [0.25, 0.3) is 0 Å². The smallest absolute Gasteiger partial charge is 0.187 e. The van der Waals surface area contributed by atoms with Gasteiger partial charge in [0.15, 0.2) is 5.69 Å². The summed E-state index contributed by atoms with van der Waals surface area (Å²) in [7, 11) is 0. The molecule has 0 radical (unpaired) electrons. The fourth-order valence-corrected chi connectivity index (χ4v) is 3.33. The van der Waals surface area contributed by atoms with E-state index in [1.54, 1.807) is 6.92 Å². The first-order valence-electron chi connectivity index (χ1n) is 6.69. The largest absolute Gasteiger partial charge is 0.361 e. The Morgan fingerprint density at radius 3 is 3.00 bits per heavy atom. The van der Waals surface area contributed by atoms with Crippen LogP contribution in [0.15, 0.2) is 24.4 Å². The number of rotatable bonds is 2. The highest BCUT2D eigenvalue weighted by Gasteiger charge is 2.33. The zero-order valence-electron chi connectivity index (χ0n) is 10.9. The molecule has 1 saturated carbocycles. The lowest BCUT2D eigenvalue weighted by Crippen LogP contribution is -2.14. The van der Waals surface area contributed by atoms with Crippen molar-refractivity contribution in [2.75, 3.05) is 0 Å². The molecule has 0 spiro atoms. The van der Waals surface area contributed by atoms with Gasteiger partial charge >= 0.3 is 0 Å². The molecule has 2 aromatic rings. The lowest BCUT2D eigenvalue weighted by atomic mass is 9.86. The van der Waals surface area contributed by atoms with Crippen LogP contribution >= 0.6 is 0 Å². The summed E-state index contributed by atoms with van der Waals surface area (Å²) in [6.07, 6.45) is 5.20. The zero-order chi connectivity index (χ0) is 13.4. The number of nitrogens with one attached hydrogen (secondary N) is 1. The monoisotopic (exact) mass is 252 g/mol. The maximum atomic E-state index is 11.8. The van der Waals surface area contributed by atoms with Gasteiger partial charge in [0, 0.05) is 17.6 Å². The molecule has 0 saturated heterocycles. The van der Waals surface area contributed by atoms with Gasteiger partial charge < -0.3 is 4.98 Å². The molecule has 1 N–H and O–H groups in total. The first-order valence-corrected chi connectivity index (χ1v) is 6.69. The van der Waals surface area contributed by atoms with Crippen molar-refractivity contribution < 1.29 is 4.79 Å². The second-order valence-corrected chi connectivity index (χ2v) is 5.34. The van der Waals surface area contributed by atoms with E-state index < -0.39 is 0 Å². The van der Waals surface area contributed by atoms with Gasteiger partial charge in [-0.3, -0.25) is 4.79 Å². The van der Waals surface area contributed by atoms with Crippen molar-refractivity contribution in [2.45, 2.75) is 32.1 Å². The molecule has 1 heterocycles. The van der Waals surface area contributed by atoms with Gasteiger partial charge in [-0.15, -0.1) is 0 Å². The molecule has 1 aliphatic carbocycles. The molecule has 1 fully saturated rings. The third-order valence-electron chi connectivity index (χ3n) is 4.26. The second-order valence-electron chi connectivity index (χ2n) is 5.34. The molecule has 3 heteroatoms. The topological polar surface area (TPSA) is 37.2 Å². The fourth-order valence-electron chi connectivity index (χ4n) is 3.33. The molecule has 3 rings (SSSR count).